The first kappa shape index (κ1) is 62.2. The second-order valence-electron chi connectivity index (χ2n) is 16.6. The molecule has 24 heteroatoms. The molecule has 1 fully saturated rings. The molecule has 384 valence electrons. The van der Waals surface area contributed by atoms with Gasteiger partial charge in [0.2, 0.25) is 0 Å². The van der Waals surface area contributed by atoms with Crippen molar-refractivity contribution in [2.75, 3.05) is 19.0 Å². The van der Waals surface area contributed by atoms with Gasteiger partial charge in [-0.15, -0.1) is 0 Å². The van der Waals surface area contributed by atoms with Gasteiger partial charge >= 0.3 is 35.4 Å². The van der Waals surface area contributed by atoms with Crippen LogP contribution in [0.5, 0.6) is 0 Å². The monoisotopic (exact) mass is 1020 g/mol. The number of carbonyl (C=O) groups excluding carboxylic acids is 3. The van der Waals surface area contributed by atoms with E-state index in [-0.39, 0.29) is 18.0 Å². The third kappa shape index (κ3) is 31.8. The third-order valence-corrected chi connectivity index (χ3v) is 13.7. The zero-order valence-corrected chi connectivity index (χ0v) is 41.8. The number of phosphoric acid groups is 3. The van der Waals surface area contributed by atoms with Crippen LogP contribution in [0.15, 0.2) is 0 Å². The predicted molar refractivity (Wildman–Crippen MR) is 242 cm³/mol. The summed E-state index contributed by atoms with van der Waals surface area (Å²) in [5, 5.41) is 32.1. The Morgan fingerprint density at radius 1 is 0.492 bits per heavy atom. The van der Waals surface area contributed by atoms with E-state index in [0.717, 1.165) is 95.6 Å². The maximum absolute atomic E-state index is 13.1. The molecule has 0 amide bonds. The highest BCUT2D eigenvalue weighted by Crippen LogP contribution is 2.51. The Hall–Kier alpha value is -0.830. The van der Waals surface area contributed by atoms with E-state index in [1.54, 1.807) is 0 Å². The number of ether oxygens (including phenoxy) is 2. The van der Waals surface area contributed by atoms with E-state index in [1.807, 2.05) is 6.92 Å². The van der Waals surface area contributed by atoms with Crippen LogP contribution in [0.3, 0.4) is 0 Å². The van der Waals surface area contributed by atoms with Crippen LogP contribution in [0.25, 0.3) is 0 Å². The lowest BCUT2D eigenvalue weighted by Gasteiger charge is -2.44. The number of rotatable bonds is 40. The molecule has 1 rings (SSSR count). The number of aliphatic hydroxyl groups is 3. The number of hydrogen-bond donors (Lipinski definition) is 8. The summed E-state index contributed by atoms with van der Waals surface area (Å²) < 4.78 is 65.4. The number of thioether (sulfide) groups is 1. The Bertz CT molecular complexity index is 1450. The minimum atomic E-state index is -5.60. The minimum absolute atomic E-state index is 0.00816. The standard InChI is InChI=1S/C41H79O20P3S/c1-3-5-6-7-8-9-10-11-12-14-18-21-24-28-34(43)58-32(30-56-33(42)27-23-20-17-15-13-16-19-22-25-29-65-35(44)26-4-2)31-57-64(54,55)61-39-36(45)37(46)40(59-62(48,49)50)41(38(39)47)60-63(51,52)53/h32,36-41,45-47H,3-31H2,1-2H3,(H,54,55)(H2,48,49,50)(H2,51,52,53)/t32-,36-,37+,38?,39?,40?,41-/m1/s1. The number of aliphatic hydroxyl groups excluding tert-OH is 3. The van der Waals surface area contributed by atoms with Crippen molar-refractivity contribution in [3.63, 3.8) is 0 Å². The molecule has 0 aromatic heterocycles. The average molecular weight is 1020 g/mol. The highest BCUT2D eigenvalue weighted by Gasteiger charge is 2.56. The maximum Gasteiger partial charge on any atom is 0.472 e. The smallest absolute Gasteiger partial charge is 0.462 e. The van der Waals surface area contributed by atoms with Crippen LogP contribution in [0.2, 0.25) is 0 Å². The normalized spacial score (nSPS) is 21.8. The molecule has 20 nitrogen and oxygen atoms in total. The average Bonchev–Trinajstić information content (AvgIpc) is 3.22. The van der Waals surface area contributed by atoms with E-state index >= 15 is 0 Å². The van der Waals surface area contributed by atoms with Gasteiger partial charge in [-0.25, -0.2) is 13.7 Å². The highest BCUT2D eigenvalue weighted by atomic mass is 32.2. The van der Waals surface area contributed by atoms with Crippen molar-refractivity contribution in [1.82, 2.24) is 0 Å². The van der Waals surface area contributed by atoms with Gasteiger partial charge in [0.05, 0.1) is 6.61 Å². The van der Waals surface area contributed by atoms with Crippen molar-refractivity contribution < 1.29 is 95.4 Å². The molecule has 0 heterocycles. The van der Waals surface area contributed by atoms with Crippen LogP contribution >= 0.6 is 35.2 Å². The fourth-order valence-corrected chi connectivity index (χ4v) is 10.2. The van der Waals surface area contributed by atoms with Gasteiger partial charge in [0.15, 0.2) is 11.2 Å². The number of esters is 2. The van der Waals surface area contributed by atoms with Crippen LogP contribution in [-0.2, 0) is 55.6 Å². The maximum atomic E-state index is 13.1. The van der Waals surface area contributed by atoms with Gasteiger partial charge in [-0.1, -0.05) is 148 Å². The van der Waals surface area contributed by atoms with Crippen molar-refractivity contribution in [2.45, 2.75) is 224 Å². The van der Waals surface area contributed by atoms with Crippen LogP contribution < -0.4 is 0 Å². The summed E-state index contributed by atoms with van der Waals surface area (Å²) in [6, 6.07) is 0. The lowest BCUT2D eigenvalue weighted by Crippen LogP contribution is -2.65. The van der Waals surface area contributed by atoms with E-state index in [1.165, 1.54) is 56.7 Å². The first-order valence-electron chi connectivity index (χ1n) is 23.4. The fourth-order valence-electron chi connectivity index (χ4n) is 7.19. The Morgan fingerprint density at radius 2 is 0.908 bits per heavy atom. The Morgan fingerprint density at radius 3 is 1.37 bits per heavy atom. The molecule has 8 atom stereocenters. The van der Waals surface area contributed by atoms with Gasteiger partial charge in [0, 0.05) is 25.0 Å². The topological polar surface area (TPSA) is 320 Å². The summed E-state index contributed by atoms with van der Waals surface area (Å²) >= 11 is 1.41. The molecule has 1 saturated carbocycles. The second-order valence-corrected chi connectivity index (χ2v) is 21.6. The zero-order chi connectivity index (χ0) is 48.7. The first-order valence-corrected chi connectivity index (χ1v) is 28.9. The molecule has 4 unspecified atom stereocenters. The van der Waals surface area contributed by atoms with Crippen LogP contribution in [0.4, 0.5) is 0 Å². The van der Waals surface area contributed by atoms with E-state index in [4.69, 9.17) is 18.5 Å². The molecule has 0 aliphatic heterocycles. The third-order valence-electron chi connectivity index (χ3n) is 10.7. The van der Waals surface area contributed by atoms with Gasteiger partial charge in [0.25, 0.3) is 0 Å². The minimum Gasteiger partial charge on any atom is -0.462 e. The second kappa shape index (κ2) is 35.3. The van der Waals surface area contributed by atoms with Gasteiger partial charge < -0.3 is 49.3 Å². The summed E-state index contributed by atoms with van der Waals surface area (Å²) in [5.74, 6) is -0.468. The van der Waals surface area contributed by atoms with Crippen molar-refractivity contribution in [3.8, 4) is 0 Å². The van der Waals surface area contributed by atoms with Crippen LogP contribution in [0, 0.1) is 0 Å². The molecule has 0 spiro atoms. The molecule has 65 heavy (non-hydrogen) atoms. The van der Waals surface area contributed by atoms with Gasteiger partial charge in [-0.2, -0.15) is 0 Å². The zero-order valence-electron chi connectivity index (χ0n) is 38.3. The number of hydrogen-bond acceptors (Lipinski definition) is 16. The van der Waals surface area contributed by atoms with E-state index < -0.39 is 91.3 Å². The molecule has 0 radical (unpaired) electrons. The van der Waals surface area contributed by atoms with Crippen molar-refractivity contribution in [2.24, 2.45) is 0 Å². The molecule has 1 aliphatic carbocycles. The Labute approximate surface area is 389 Å². The summed E-state index contributed by atoms with van der Waals surface area (Å²) in [7, 11) is -16.6. The SMILES string of the molecule is CCCCCCCCCCCCCCCC(=O)O[C@H](COC(=O)CCCCCCCCCCCSC(=O)CCC)COP(=O)(O)OC1C(O)[C@@H](OP(=O)(O)O)C(OP(=O)(O)O)[C@@H](O)[C@H]1O. The van der Waals surface area contributed by atoms with Gasteiger partial charge in [-0.3, -0.25) is 32.5 Å². The summed E-state index contributed by atoms with van der Waals surface area (Å²) in [6.07, 6.45) is 7.92. The summed E-state index contributed by atoms with van der Waals surface area (Å²) in [5.41, 5.74) is 0. The summed E-state index contributed by atoms with van der Waals surface area (Å²) in [4.78, 5) is 84.7. The van der Waals surface area contributed by atoms with Crippen LogP contribution in [-0.4, -0.2) is 119 Å². The molecule has 8 N–H and O–H groups in total. The lowest BCUT2D eigenvalue weighted by molar-refractivity contribution is -0.213. The van der Waals surface area contributed by atoms with Gasteiger partial charge in [-0.05, 0) is 25.7 Å². The van der Waals surface area contributed by atoms with Crippen molar-refractivity contribution >= 4 is 52.3 Å². The number of unbranched alkanes of at least 4 members (excludes halogenated alkanes) is 20. The van der Waals surface area contributed by atoms with E-state index in [9.17, 15) is 67.9 Å². The Balaban J connectivity index is 2.73. The van der Waals surface area contributed by atoms with E-state index in [2.05, 4.69) is 16.0 Å². The molecule has 0 aromatic carbocycles. The summed E-state index contributed by atoms with van der Waals surface area (Å²) in [6.45, 7) is 2.69. The molecule has 0 saturated heterocycles. The largest absolute Gasteiger partial charge is 0.472 e. The number of carbonyl (C=O) groups is 3. The quantitative estimate of drug-likeness (QED) is 0.0168. The van der Waals surface area contributed by atoms with Crippen LogP contribution in [0.1, 0.15) is 181 Å². The Kier molecular flexibility index (Phi) is 33.8. The molecule has 0 bridgehead atoms. The molecule has 1 aliphatic rings. The number of phosphoric ester groups is 3. The fraction of sp³-hybridized carbons (Fsp3) is 0.927. The molecule has 0 aromatic rings. The predicted octanol–water partition coefficient (Wildman–Crippen LogP) is 7.44. The van der Waals surface area contributed by atoms with Gasteiger partial charge in [0.1, 0.15) is 43.2 Å². The molecular weight excluding hydrogens is 937 g/mol. The van der Waals surface area contributed by atoms with E-state index in [0.29, 0.717) is 19.3 Å². The lowest BCUT2D eigenvalue weighted by atomic mass is 9.85. The molecular formula is C41H79O20P3S. The van der Waals surface area contributed by atoms with Crippen molar-refractivity contribution in [3.05, 3.63) is 0 Å². The van der Waals surface area contributed by atoms with Crippen molar-refractivity contribution in [1.29, 1.82) is 0 Å². The highest BCUT2D eigenvalue weighted by molar-refractivity contribution is 8.13. The first-order chi connectivity index (χ1) is 30.7.